The van der Waals surface area contributed by atoms with Gasteiger partial charge in [-0.15, -0.1) is 0 Å². The molecule has 1 aromatic carbocycles. The van der Waals surface area contributed by atoms with Crippen LogP contribution < -0.4 is 10.2 Å². The zero-order valence-electron chi connectivity index (χ0n) is 15.1. The van der Waals surface area contributed by atoms with E-state index in [4.69, 9.17) is 4.74 Å². The number of hydrogen-bond donors (Lipinski definition) is 1. The van der Waals surface area contributed by atoms with E-state index in [9.17, 15) is 0 Å². The van der Waals surface area contributed by atoms with E-state index in [-0.39, 0.29) is 6.10 Å². The van der Waals surface area contributed by atoms with Crippen LogP contribution in [-0.2, 0) is 11.3 Å². The molecule has 0 aliphatic carbocycles. The summed E-state index contributed by atoms with van der Waals surface area (Å²) >= 11 is 0. The fraction of sp³-hybridized carbons (Fsp3) is 0.381. The van der Waals surface area contributed by atoms with Crippen molar-refractivity contribution in [2.24, 2.45) is 0 Å². The maximum Gasteiger partial charge on any atom is 0.128 e. The number of nitrogens with one attached hydrogen (secondary N) is 1. The Morgan fingerprint density at radius 3 is 2.84 bits per heavy atom. The zero-order valence-corrected chi connectivity index (χ0v) is 15.1. The first-order valence-electron chi connectivity index (χ1n) is 8.95. The summed E-state index contributed by atoms with van der Waals surface area (Å²) in [6.45, 7) is 8.56. The van der Waals surface area contributed by atoms with Gasteiger partial charge in [-0.1, -0.05) is 48.0 Å². The number of pyridine rings is 1. The average Bonchev–Trinajstić information content (AvgIpc) is 2.63. The maximum atomic E-state index is 5.59. The van der Waals surface area contributed by atoms with Crippen molar-refractivity contribution in [2.75, 3.05) is 31.1 Å². The lowest BCUT2D eigenvalue weighted by Crippen LogP contribution is -2.41. The van der Waals surface area contributed by atoms with Crippen LogP contribution in [-0.4, -0.2) is 37.3 Å². The van der Waals surface area contributed by atoms with Gasteiger partial charge in [0, 0.05) is 32.4 Å². The molecule has 0 bridgehead atoms. The molecule has 1 atom stereocenters. The molecule has 4 nitrogen and oxygen atoms in total. The third-order valence-corrected chi connectivity index (χ3v) is 4.32. The average molecular weight is 337 g/mol. The van der Waals surface area contributed by atoms with Crippen LogP contribution in [0.15, 0.2) is 54.2 Å². The fourth-order valence-electron chi connectivity index (χ4n) is 3.02. The summed E-state index contributed by atoms with van der Waals surface area (Å²) in [6.07, 6.45) is 4.46. The molecular formula is C21H27N3O. The molecule has 1 aliphatic rings. The van der Waals surface area contributed by atoms with E-state index in [2.05, 4.69) is 71.5 Å². The lowest BCUT2D eigenvalue weighted by Gasteiger charge is -2.32. The van der Waals surface area contributed by atoms with Crippen molar-refractivity contribution >= 4 is 11.9 Å². The highest BCUT2D eigenvalue weighted by molar-refractivity contribution is 5.52. The molecule has 3 rings (SSSR count). The third kappa shape index (κ3) is 5.41. The minimum absolute atomic E-state index is 0.274. The lowest BCUT2D eigenvalue weighted by atomic mass is 10.1. The van der Waals surface area contributed by atoms with Crippen LogP contribution in [0, 0.1) is 0 Å². The SMILES string of the molecule is C/C(=C\c1ccccc1)CNCc1ccc(N2CCOC(C)C2)nc1. The second kappa shape index (κ2) is 8.79. The quantitative estimate of drug-likeness (QED) is 0.875. The summed E-state index contributed by atoms with van der Waals surface area (Å²) in [4.78, 5) is 6.91. The summed E-state index contributed by atoms with van der Waals surface area (Å²) in [6, 6.07) is 14.7. The van der Waals surface area contributed by atoms with E-state index in [1.54, 1.807) is 0 Å². The first kappa shape index (κ1) is 17.6. The van der Waals surface area contributed by atoms with Gasteiger partial charge in [0.15, 0.2) is 0 Å². The van der Waals surface area contributed by atoms with Crippen molar-refractivity contribution in [1.82, 2.24) is 10.3 Å². The van der Waals surface area contributed by atoms with Crippen LogP contribution in [0.1, 0.15) is 25.0 Å². The van der Waals surface area contributed by atoms with Crippen LogP contribution >= 0.6 is 0 Å². The minimum Gasteiger partial charge on any atom is -0.375 e. The number of nitrogens with zero attached hydrogens (tertiary/aromatic N) is 2. The van der Waals surface area contributed by atoms with Gasteiger partial charge in [0.25, 0.3) is 0 Å². The summed E-state index contributed by atoms with van der Waals surface area (Å²) in [5.74, 6) is 1.04. The summed E-state index contributed by atoms with van der Waals surface area (Å²) in [5, 5.41) is 3.49. The predicted molar refractivity (Wildman–Crippen MR) is 104 cm³/mol. The van der Waals surface area contributed by atoms with E-state index < -0.39 is 0 Å². The summed E-state index contributed by atoms with van der Waals surface area (Å²) < 4.78 is 5.59. The molecule has 1 saturated heterocycles. The predicted octanol–water partition coefficient (Wildman–Crippen LogP) is 3.50. The Hall–Kier alpha value is -2.17. The van der Waals surface area contributed by atoms with Gasteiger partial charge in [0.1, 0.15) is 5.82 Å². The van der Waals surface area contributed by atoms with E-state index in [1.165, 1.54) is 16.7 Å². The Morgan fingerprint density at radius 1 is 1.28 bits per heavy atom. The van der Waals surface area contributed by atoms with Gasteiger partial charge in [-0.25, -0.2) is 4.98 Å². The lowest BCUT2D eigenvalue weighted by molar-refractivity contribution is 0.0529. The normalized spacial score (nSPS) is 18.4. The number of ether oxygens (including phenoxy) is 1. The number of benzene rings is 1. The molecule has 0 saturated carbocycles. The van der Waals surface area contributed by atoms with Crippen LogP contribution in [0.3, 0.4) is 0 Å². The van der Waals surface area contributed by atoms with Crippen molar-refractivity contribution in [2.45, 2.75) is 26.5 Å². The molecule has 2 aromatic rings. The van der Waals surface area contributed by atoms with Crippen molar-refractivity contribution < 1.29 is 4.74 Å². The van der Waals surface area contributed by atoms with Crippen molar-refractivity contribution in [3.8, 4) is 0 Å². The Balaban J connectivity index is 1.48. The van der Waals surface area contributed by atoms with Crippen LogP contribution in [0.25, 0.3) is 6.08 Å². The van der Waals surface area contributed by atoms with Gasteiger partial charge >= 0.3 is 0 Å². The van der Waals surface area contributed by atoms with E-state index in [1.807, 2.05) is 12.3 Å². The van der Waals surface area contributed by atoms with Crippen molar-refractivity contribution in [3.05, 3.63) is 65.4 Å². The molecule has 25 heavy (non-hydrogen) atoms. The fourth-order valence-corrected chi connectivity index (χ4v) is 3.02. The topological polar surface area (TPSA) is 37.4 Å². The Kier molecular flexibility index (Phi) is 6.20. The summed E-state index contributed by atoms with van der Waals surface area (Å²) in [7, 11) is 0. The number of morpholine rings is 1. The molecule has 1 aromatic heterocycles. The number of hydrogen-bond acceptors (Lipinski definition) is 4. The molecule has 1 aliphatic heterocycles. The highest BCUT2D eigenvalue weighted by Crippen LogP contribution is 2.15. The number of aromatic nitrogens is 1. The van der Waals surface area contributed by atoms with Gasteiger partial charge in [0.05, 0.1) is 12.7 Å². The van der Waals surface area contributed by atoms with Gasteiger partial charge in [-0.05, 0) is 31.0 Å². The third-order valence-electron chi connectivity index (χ3n) is 4.32. The molecule has 4 heteroatoms. The maximum absolute atomic E-state index is 5.59. The van der Waals surface area contributed by atoms with Gasteiger partial charge in [-0.3, -0.25) is 0 Å². The van der Waals surface area contributed by atoms with Crippen LogP contribution in [0.5, 0.6) is 0 Å². The number of anilines is 1. The highest BCUT2D eigenvalue weighted by atomic mass is 16.5. The Labute approximate surface area is 150 Å². The molecule has 1 N–H and O–H groups in total. The van der Waals surface area contributed by atoms with E-state index in [0.717, 1.165) is 38.6 Å². The second-order valence-electron chi connectivity index (χ2n) is 6.66. The minimum atomic E-state index is 0.274. The molecule has 1 unspecified atom stereocenters. The van der Waals surface area contributed by atoms with Gasteiger partial charge < -0.3 is 15.0 Å². The molecule has 132 valence electrons. The van der Waals surface area contributed by atoms with Gasteiger partial charge in [-0.2, -0.15) is 0 Å². The van der Waals surface area contributed by atoms with Crippen molar-refractivity contribution in [1.29, 1.82) is 0 Å². The second-order valence-corrected chi connectivity index (χ2v) is 6.66. The molecule has 2 heterocycles. The number of rotatable bonds is 6. The van der Waals surface area contributed by atoms with Crippen LogP contribution in [0.2, 0.25) is 0 Å². The van der Waals surface area contributed by atoms with Gasteiger partial charge in [0.2, 0.25) is 0 Å². The monoisotopic (exact) mass is 337 g/mol. The van der Waals surface area contributed by atoms with Crippen LogP contribution in [0.4, 0.5) is 5.82 Å². The Bertz CT molecular complexity index is 682. The first-order valence-corrected chi connectivity index (χ1v) is 8.95. The van der Waals surface area contributed by atoms with E-state index in [0.29, 0.717) is 0 Å². The molecule has 0 radical (unpaired) electrons. The molecule has 0 spiro atoms. The molecule has 1 fully saturated rings. The molecule has 0 amide bonds. The van der Waals surface area contributed by atoms with Crippen molar-refractivity contribution in [3.63, 3.8) is 0 Å². The first-order chi connectivity index (χ1) is 12.2. The largest absolute Gasteiger partial charge is 0.375 e. The zero-order chi connectivity index (χ0) is 17.5. The smallest absolute Gasteiger partial charge is 0.128 e. The van der Waals surface area contributed by atoms with E-state index >= 15 is 0 Å². The standard InChI is InChI=1S/C21H27N3O/c1-17(12-19-6-4-3-5-7-19)13-22-14-20-8-9-21(23-15-20)24-10-11-25-18(2)16-24/h3-9,12,15,18,22H,10-11,13-14,16H2,1-2H3/b17-12+. The Morgan fingerprint density at radius 2 is 2.12 bits per heavy atom. The molecular weight excluding hydrogens is 310 g/mol. The highest BCUT2D eigenvalue weighted by Gasteiger charge is 2.17. The summed E-state index contributed by atoms with van der Waals surface area (Å²) in [5.41, 5.74) is 3.77.